The Labute approximate surface area is 167 Å². The van der Waals surface area contributed by atoms with Gasteiger partial charge in [0.05, 0.1) is 12.7 Å². The van der Waals surface area contributed by atoms with Crippen LogP contribution in [-0.4, -0.2) is 46.5 Å². The third-order valence-electron chi connectivity index (χ3n) is 4.38. The van der Waals surface area contributed by atoms with Gasteiger partial charge in [-0.15, -0.1) is 0 Å². The first-order valence-corrected chi connectivity index (χ1v) is 8.92. The molecule has 8 nitrogen and oxygen atoms in total. The second kappa shape index (κ2) is 10.0. The molecule has 29 heavy (non-hydrogen) atoms. The molecule has 0 bridgehead atoms. The fourth-order valence-electron chi connectivity index (χ4n) is 3.04. The predicted octanol–water partition coefficient (Wildman–Crippen LogP) is 2.47. The molecule has 3 rings (SSSR count). The minimum Gasteiger partial charge on any atom is -0.494 e. The number of H-pyrrole nitrogens is 1. The topological polar surface area (TPSA) is 113 Å². The van der Waals surface area contributed by atoms with Crippen LogP contribution in [0.1, 0.15) is 28.5 Å². The van der Waals surface area contributed by atoms with Crippen molar-refractivity contribution < 1.29 is 19.4 Å². The Morgan fingerprint density at radius 3 is 2.66 bits per heavy atom. The molecule has 0 aliphatic heterocycles. The van der Waals surface area contributed by atoms with Crippen LogP contribution in [0.4, 0.5) is 0 Å². The van der Waals surface area contributed by atoms with Crippen molar-refractivity contribution in [1.82, 2.24) is 14.9 Å². The zero-order valence-electron chi connectivity index (χ0n) is 16.5. The third kappa shape index (κ3) is 4.98. The maximum atomic E-state index is 12.9. The molecule has 0 aliphatic carbocycles. The zero-order valence-corrected chi connectivity index (χ0v) is 16.5. The number of methoxy groups -OCH3 is 1. The van der Waals surface area contributed by atoms with Gasteiger partial charge in [-0.1, -0.05) is 19.1 Å². The number of nitrogens with zero attached hydrogens (tertiary/aromatic N) is 2. The van der Waals surface area contributed by atoms with E-state index in [0.717, 1.165) is 16.5 Å². The SMILES string of the molecule is CCc1[nH]c(=O)ccc1C(=O)N(C)Cc1ccc(OC)c2ncccc12.O=CO. The number of rotatable bonds is 5. The zero-order chi connectivity index (χ0) is 21.4. The van der Waals surface area contributed by atoms with Gasteiger partial charge < -0.3 is 19.7 Å². The normalized spacial score (nSPS) is 10.0. The van der Waals surface area contributed by atoms with Crippen molar-refractivity contribution in [3.05, 3.63) is 69.8 Å². The highest BCUT2D eigenvalue weighted by atomic mass is 16.5. The van der Waals surface area contributed by atoms with Gasteiger partial charge in [0.2, 0.25) is 5.56 Å². The summed E-state index contributed by atoms with van der Waals surface area (Å²) >= 11 is 0. The van der Waals surface area contributed by atoms with Crippen LogP contribution < -0.4 is 10.3 Å². The summed E-state index contributed by atoms with van der Waals surface area (Å²) in [7, 11) is 3.36. The summed E-state index contributed by atoms with van der Waals surface area (Å²) in [4.78, 5) is 41.5. The Balaban J connectivity index is 0.000000941. The lowest BCUT2D eigenvalue weighted by atomic mass is 10.1. The van der Waals surface area contributed by atoms with Crippen molar-refractivity contribution >= 4 is 23.3 Å². The highest BCUT2D eigenvalue weighted by Gasteiger charge is 2.17. The van der Waals surface area contributed by atoms with Gasteiger partial charge in [0, 0.05) is 36.9 Å². The number of hydrogen-bond donors (Lipinski definition) is 2. The van der Waals surface area contributed by atoms with E-state index in [4.69, 9.17) is 14.6 Å². The van der Waals surface area contributed by atoms with E-state index < -0.39 is 0 Å². The van der Waals surface area contributed by atoms with Crippen molar-refractivity contribution in [3.8, 4) is 5.75 Å². The minimum absolute atomic E-state index is 0.133. The second-order valence-electron chi connectivity index (χ2n) is 6.16. The van der Waals surface area contributed by atoms with Crippen LogP contribution in [0.25, 0.3) is 10.9 Å². The van der Waals surface area contributed by atoms with E-state index in [0.29, 0.717) is 30.0 Å². The number of aromatic nitrogens is 2. The van der Waals surface area contributed by atoms with E-state index in [1.807, 2.05) is 31.2 Å². The fourth-order valence-corrected chi connectivity index (χ4v) is 3.04. The molecule has 8 heteroatoms. The summed E-state index contributed by atoms with van der Waals surface area (Å²) in [6.07, 6.45) is 2.30. The number of ether oxygens (including phenoxy) is 1. The average molecular weight is 397 g/mol. The minimum atomic E-state index is -0.250. The molecule has 1 aromatic carbocycles. The number of carboxylic acid groups (broad SMARTS) is 1. The second-order valence-corrected chi connectivity index (χ2v) is 6.16. The lowest BCUT2D eigenvalue weighted by molar-refractivity contribution is -0.122. The van der Waals surface area contributed by atoms with Gasteiger partial charge in [0.25, 0.3) is 12.4 Å². The Hall–Kier alpha value is -3.68. The van der Waals surface area contributed by atoms with Crippen LogP contribution in [0.15, 0.2) is 47.4 Å². The van der Waals surface area contributed by atoms with E-state index in [1.54, 1.807) is 31.3 Å². The molecule has 0 saturated heterocycles. The predicted molar refractivity (Wildman–Crippen MR) is 109 cm³/mol. The number of hydrogen-bond acceptors (Lipinski definition) is 5. The molecule has 0 unspecified atom stereocenters. The Morgan fingerprint density at radius 1 is 1.28 bits per heavy atom. The maximum absolute atomic E-state index is 12.9. The van der Waals surface area contributed by atoms with Crippen molar-refractivity contribution in [2.24, 2.45) is 0 Å². The molecule has 2 N–H and O–H groups in total. The Kier molecular flexibility index (Phi) is 7.47. The van der Waals surface area contributed by atoms with Gasteiger partial charge in [-0.2, -0.15) is 0 Å². The van der Waals surface area contributed by atoms with E-state index in [1.165, 1.54) is 6.07 Å². The van der Waals surface area contributed by atoms with E-state index >= 15 is 0 Å². The molecule has 0 spiro atoms. The van der Waals surface area contributed by atoms with Crippen LogP contribution in [0.2, 0.25) is 0 Å². The first kappa shape index (κ1) is 21.6. The highest BCUT2D eigenvalue weighted by Crippen LogP contribution is 2.27. The smallest absolute Gasteiger partial charge is 0.290 e. The van der Waals surface area contributed by atoms with E-state index in [9.17, 15) is 9.59 Å². The largest absolute Gasteiger partial charge is 0.494 e. The van der Waals surface area contributed by atoms with Crippen molar-refractivity contribution in [2.75, 3.05) is 14.2 Å². The summed E-state index contributed by atoms with van der Waals surface area (Å²) in [5.41, 5.74) is 2.72. The number of aryl methyl sites for hydroxylation is 1. The number of pyridine rings is 2. The molecule has 152 valence electrons. The molecule has 0 fully saturated rings. The molecule has 0 aliphatic rings. The van der Waals surface area contributed by atoms with Crippen LogP contribution in [-0.2, 0) is 17.8 Å². The van der Waals surface area contributed by atoms with E-state index in [-0.39, 0.29) is 17.9 Å². The van der Waals surface area contributed by atoms with Crippen LogP contribution >= 0.6 is 0 Å². The van der Waals surface area contributed by atoms with E-state index in [2.05, 4.69) is 9.97 Å². The molecule has 0 saturated carbocycles. The number of aromatic amines is 1. The summed E-state index contributed by atoms with van der Waals surface area (Å²) < 4.78 is 5.37. The van der Waals surface area contributed by atoms with Crippen molar-refractivity contribution in [3.63, 3.8) is 0 Å². The highest BCUT2D eigenvalue weighted by molar-refractivity contribution is 5.95. The molecule has 2 aromatic heterocycles. The lowest BCUT2D eigenvalue weighted by Crippen LogP contribution is -2.28. The summed E-state index contributed by atoms with van der Waals surface area (Å²) in [5.74, 6) is 0.568. The molecule has 0 atom stereocenters. The summed E-state index contributed by atoms with van der Waals surface area (Å²) in [5, 5.41) is 7.84. The molecule has 2 heterocycles. The molecule has 1 amide bonds. The third-order valence-corrected chi connectivity index (χ3v) is 4.38. The Morgan fingerprint density at radius 2 is 2.00 bits per heavy atom. The first-order valence-electron chi connectivity index (χ1n) is 8.92. The molecular weight excluding hydrogens is 374 g/mol. The summed E-state index contributed by atoms with van der Waals surface area (Å²) in [6.45, 7) is 2.08. The van der Waals surface area contributed by atoms with Crippen LogP contribution in [0.3, 0.4) is 0 Å². The van der Waals surface area contributed by atoms with Gasteiger partial charge in [0.1, 0.15) is 11.3 Å². The fraction of sp³-hybridized carbons (Fsp3) is 0.238. The standard InChI is InChI=1S/C20H21N3O3.CH2O2/c1-4-16-15(8-10-18(24)22-16)20(25)23(2)12-13-7-9-17(26-3)19-14(13)6-5-11-21-19;2-1-3/h5-11H,4,12H2,1-3H3,(H,22,24);1H,(H,2,3). The van der Waals surface area contributed by atoms with Gasteiger partial charge >= 0.3 is 0 Å². The average Bonchev–Trinajstić information content (AvgIpc) is 2.74. The van der Waals surface area contributed by atoms with Crippen molar-refractivity contribution in [2.45, 2.75) is 19.9 Å². The first-order chi connectivity index (χ1) is 14.0. The Bertz CT molecular complexity index is 1060. The van der Waals surface area contributed by atoms with Gasteiger partial charge in [-0.25, -0.2) is 0 Å². The monoisotopic (exact) mass is 397 g/mol. The number of nitrogens with one attached hydrogen (secondary N) is 1. The van der Waals surface area contributed by atoms with Gasteiger partial charge in [-0.3, -0.25) is 19.4 Å². The van der Waals surface area contributed by atoms with Crippen LogP contribution in [0, 0.1) is 0 Å². The lowest BCUT2D eigenvalue weighted by Gasteiger charge is -2.20. The molecule has 0 radical (unpaired) electrons. The number of fused-ring (bicyclic) bond motifs is 1. The van der Waals surface area contributed by atoms with Crippen molar-refractivity contribution in [1.29, 1.82) is 0 Å². The van der Waals surface area contributed by atoms with Gasteiger partial charge in [-0.05, 0) is 30.2 Å². The number of carbonyl (C=O) groups excluding carboxylic acids is 1. The van der Waals surface area contributed by atoms with Crippen LogP contribution in [0.5, 0.6) is 5.75 Å². The number of carbonyl (C=O) groups is 2. The quantitative estimate of drug-likeness (QED) is 0.640. The number of benzene rings is 1. The molecule has 3 aromatic rings. The summed E-state index contributed by atoms with van der Waals surface area (Å²) in [6, 6.07) is 10.6. The number of amides is 1. The maximum Gasteiger partial charge on any atom is 0.290 e. The molecular formula is C21H23N3O5. The van der Waals surface area contributed by atoms with Gasteiger partial charge in [0.15, 0.2) is 0 Å².